The molecule has 2 unspecified atom stereocenters. The number of carbonyl (C=O) groups excluding carboxylic acids is 1. The fourth-order valence-corrected chi connectivity index (χ4v) is 2.46. The van der Waals surface area contributed by atoms with Crippen LogP contribution >= 0.6 is 0 Å². The van der Waals surface area contributed by atoms with Crippen LogP contribution in [-0.4, -0.2) is 18.1 Å². The Labute approximate surface area is 98.7 Å². The van der Waals surface area contributed by atoms with Crippen molar-refractivity contribution in [2.45, 2.75) is 70.9 Å². The molecule has 0 aromatic heterocycles. The van der Waals surface area contributed by atoms with Gasteiger partial charge in [-0.1, -0.05) is 26.7 Å². The standard InChI is InChI=1S/C13H25NO2/c1-3-7-11(14)13(15)16-12-9-6-5-8-10(12)4-2/h10-12H,3-9,14H2,1-2H3/t10?,11-,12?/m1/s1. The molecule has 0 spiro atoms. The van der Waals surface area contributed by atoms with Gasteiger partial charge in [0.25, 0.3) is 0 Å². The van der Waals surface area contributed by atoms with E-state index in [4.69, 9.17) is 10.5 Å². The summed E-state index contributed by atoms with van der Waals surface area (Å²) >= 11 is 0. The molecule has 0 amide bonds. The molecule has 1 aliphatic carbocycles. The van der Waals surface area contributed by atoms with E-state index >= 15 is 0 Å². The highest BCUT2D eigenvalue weighted by molar-refractivity contribution is 5.75. The zero-order chi connectivity index (χ0) is 12.0. The number of ether oxygens (including phenoxy) is 1. The summed E-state index contributed by atoms with van der Waals surface area (Å²) in [5.74, 6) is 0.346. The van der Waals surface area contributed by atoms with Gasteiger partial charge in [-0.15, -0.1) is 0 Å². The molecule has 0 saturated heterocycles. The molecule has 1 rings (SSSR count). The SMILES string of the molecule is CCC[C@@H](N)C(=O)OC1CCCCC1CC. The maximum Gasteiger partial charge on any atom is 0.323 e. The molecule has 0 aromatic carbocycles. The monoisotopic (exact) mass is 227 g/mol. The van der Waals surface area contributed by atoms with Crippen LogP contribution in [0.25, 0.3) is 0 Å². The Kier molecular flexibility index (Phi) is 5.81. The highest BCUT2D eigenvalue weighted by Gasteiger charge is 2.28. The highest BCUT2D eigenvalue weighted by atomic mass is 16.5. The normalized spacial score (nSPS) is 27.4. The summed E-state index contributed by atoms with van der Waals surface area (Å²) in [6.45, 7) is 4.20. The number of nitrogens with two attached hydrogens (primary N) is 1. The van der Waals surface area contributed by atoms with Crippen LogP contribution in [0.1, 0.15) is 58.8 Å². The van der Waals surface area contributed by atoms with E-state index in [1.54, 1.807) is 0 Å². The molecule has 2 N–H and O–H groups in total. The largest absolute Gasteiger partial charge is 0.461 e. The van der Waals surface area contributed by atoms with Gasteiger partial charge in [0.1, 0.15) is 12.1 Å². The Morgan fingerprint density at radius 2 is 2.06 bits per heavy atom. The molecule has 1 saturated carbocycles. The third-order valence-electron chi connectivity index (χ3n) is 3.53. The Morgan fingerprint density at radius 3 is 2.69 bits per heavy atom. The molecule has 16 heavy (non-hydrogen) atoms. The molecule has 0 aliphatic heterocycles. The van der Waals surface area contributed by atoms with Crippen molar-refractivity contribution in [3.63, 3.8) is 0 Å². The summed E-state index contributed by atoms with van der Waals surface area (Å²) in [6.07, 6.45) is 7.53. The summed E-state index contributed by atoms with van der Waals surface area (Å²) in [4.78, 5) is 11.7. The van der Waals surface area contributed by atoms with Gasteiger partial charge in [-0.05, 0) is 38.0 Å². The Balaban J connectivity index is 2.41. The summed E-state index contributed by atoms with van der Waals surface area (Å²) in [5.41, 5.74) is 5.76. The van der Waals surface area contributed by atoms with Crippen molar-refractivity contribution in [1.82, 2.24) is 0 Å². The number of rotatable bonds is 5. The summed E-state index contributed by atoms with van der Waals surface area (Å²) in [6, 6.07) is -0.426. The lowest BCUT2D eigenvalue weighted by Crippen LogP contribution is -2.38. The number of hydrogen-bond acceptors (Lipinski definition) is 3. The smallest absolute Gasteiger partial charge is 0.323 e. The third-order valence-corrected chi connectivity index (χ3v) is 3.53. The van der Waals surface area contributed by atoms with Crippen molar-refractivity contribution >= 4 is 5.97 Å². The van der Waals surface area contributed by atoms with Crippen LogP contribution in [0.4, 0.5) is 0 Å². The molecular formula is C13H25NO2. The van der Waals surface area contributed by atoms with Crippen LogP contribution < -0.4 is 5.73 Å². The summed E-state index contributed by atoms with van der Waals surface area (Å²) in [7, 11) is 0. The number of hydrogen-bond donors (Lipinski definition) is 1. The molecule has 94 valence electrons. The second kappa shape index (κ2) is 6.89. The quantitative estimate of drug-likeness (QED) is 0.735. The van der Waals surface area contributed by atoms with Gasteiger partial charge in [-0.3, -0.25) is 4.79 Å². The summed E-state index contributed by atoms with van der Waals surface area (Å²) in [5, 5.41) is 0. The van der Waals surface area contributed by atoms with Crippen molar-refractivity contribution in [2.24, 2.45) is 11.7 Å². The van der Waals surface area contributed by atoms with E-state index in [-0.39, 0.29) is 12.1 Å². The van der Waals surface area contributed by atoms with E-state index in [9.17, 15) is 4.79 Å². The zero-order valence-corrected chi connectivity index (χ0v) is 10.6. The number of esters is 1. The molecule has 3 nitrogen and oxygen atoms in total. The van der Waals surface area contributed by atoms with Gasteiger partial charge in [-0.25, -0.2) is 0 Å². The minimum atomic E-state index is -0.426. The van der Waals surface area contributed by atoms with Crippen LogP contribution in [0.3, 0.4) is 0 Å². The lowest BCUT2D eigenvalue weighted by atomic mass is 9.85. The average molecular weight is 227 g/mol. The maximum absolute atomic E-state index is 11.7. The first kappa shape index (κ1) is 13.5. The molecule has 3 heteroatoms. The Bertz CT molecular complexity index is 218. The minimum Gasteiger partial charge on any atom is -0.461 e. The predicted octanol–water partition coefficient (Wildman–Crippen LogP) is 2.63. The molecule has 0 aromatic rings. The van der Waals surface area contributed by atoms with Gasteiger partial charge in [0.15, 0.2) is 0 Å². The average Bonchev–Trinajstić information content (AvgIpc) is 2.30. The van der Waals surface area contributed by atoms with Gasteiger partial charge >= 0.3 is 5.97 Å². The zero-order valence-electron chi connectivity index (χ0n) is 10.6. The second-order valence-electron chi connectivity index (χ2n) is 4.82. The van der Waals surface area contributed by atoms with Crippen LogP contribution in [0.5, 0.6) is 0 Å². The van der Waals surface area contributed by atoms with E-state index in [2.05, 4.69) is 6.92 Å². The van der Waals surface area contributed by atoms with Crippen LogP contribution in [0.2, 0.25) is 0 Å². The van der Waals surface area contributed by atoms with E-state index in [1.165, 1.54) is 19.3 Å². The Hall–Kier alpha value is -0.570. The van der Waals surface area contributed by atoms with Crippen LogP contribution in [0.15, 0.2) is 0 Å². The van der Waals surface area contributed by atoms with Crippen molar-refractivity contribution in [3.8, 4) is 0 Å². The molecule has 0 bridgehead atoms. The second-order valence-corrected chi connectivity index (χ2v) is 4.82. The van der Waals surface area contributed by atoms with Gasteiger partial charge in [0.05, 0.1) is 0 Å². The number of carbonyl (C=O) groups is 1. The molecule has 0 heterocycles. The minimum absolute atomic E-state index is 0.120. The van der Waals surface area contributed by atoms with Crippen LogP contribution in [-0.2, 0) is 9.53 Å². The van der Waals surface area contributed by atoms with Gasteiger partial charge < -0.3 is 10.5 Å². The van der Waals surface area contributed by atoms with Gasteiger partial charge in [0, 0.05) is 0 Å². The van der Waals surface area contributed by atoms with E-state index < -0.39 is 6.04 Å². The van der Waals surface area contributed by atoms with Crippen molar-refractivity contribution in [3.05, 3.63) is 0 Å². The first-order valence-electron chi connectivity index (χ1n) is 6.65. The first-order valence-corrected chi connectivity index (χ1v) is 6.65. The van der Waals surface area contributed by atoms with E-state index in [1.807, 2.05) is 6.92 Å². The maximum atomic E-state index is 11.7. The topological polar surface area (TPSA) is 52.3 Å². The molecule has 1 fully saturated rings. The first-order chi connectivity index (χ1) is 7.69. The molecule has 1 aliphatic rings. The molecular weight excluding hydrogens is 202 g/mol. The fourth-order valence-electron chi connectivity index (χ4n) is 2.46. The van der Waals surface area contributed by atoms with Crippen molar-refractivity contribution in [1.29, 1.82) is 0 Å². The van der Waals surface area contributed by atoms with E-state index in [0.29, 0.717) is 5.92 Å². The Morgan fingerprint density at radius 1 is 1.38 bits per heavy atom. The van der Waals surface area contributed by atoms with E-state index in [0.717, 1.165) is 25.7 Å². The predicted molar refractivity (Wildman–Crippen MR) is 65.0 cm³/mol. The molecule has 3 atom stereocenters. The van der Waals surface area contributed by atoms with Crippen molar-refractivity contribution < 1.29 is 9.53 Å². The van der Waals surface area contributed by atoms with Crippen LogP contribution in [0, 0.1) is 5.92 Å². The summed E-state index contributed by atoms with van der Waals surface area (Å²) < 4.78 is 5.55. The van der Waals surface area contributed by atoms with Gasteiger partial charge in [-0.2, -0.15) is 0 Å². The highest BCUT2D eigenvalue weighted by Crippen LogP contribution is 2.29. The molecule has 0 radical (unpaired) electrons. The fraction of sp³-hybridized carbons (Fsp3) is 0.923. The van der Waals surface area contributed by atoms with Crippen molar-refractivity contribution in [2.75, 3.05) is 0 Å². The lowest BCUT2D eigenvalue weighted by Gasteiger charge is -2.31. The third kappa shape index (κ3) is 3.78. The van der Waals surface area contributed by atoms with Gasteiger partial charge in [0.2, 0.25) is 0 Å². The lowest BCUT2D eigenvalue weighted by molar-refractivity contribution is -0.155.